The molecule has 2 nitrogen and oxygen atoms in total. The number of nitrogens with two attached hydrogens (primary N) is 1. The third-order valence-electron chi connectivity index (χ3n) is 8.28. The van der Waals surface area contributed by atoms with E-state index in [2.05, 4.69) is 27.7 Å². The number of aliphatic hydroxyl groups is 1. The highest BCUT2D eigenvalue weighted by molar-refractivity contribution is 5.10. The molecule has 0 saturated heterocycles. The quantitative estimate of drug-likeness (QED) is 0.714. The third kappa shape index (κ3) is 3.11. The van der Waals surface area contributed by atoms with Crippen molar-refractivity contribution in [2.75, 3.05) is 0 Å². The van der Waals surface area contributed by atoms with Gasteiger partial charge in [0.25, 0.3) is 0 Å². The zero-order chi connectivity index (χ0) is 17.4. The molecule has 23 heavy (non-hydrogen) atoms. The van der Waals surface area contributed by atoms with E-state index in [0.29, 0.717) is 17.3 Å². The molecule has 3 fully saturated rings. The summed E-state index contributed by atoms with van der Waals surface area (Å²) in [7, 11) is 0. The Morgan fingerprint density at radius 1 is 1.04 bits per heavy atom. The van der Waals surface area contributed by atoms with Crippen molar-refractivity contribution >= 4 is 0 Å². The minimum atomic E-state index is -0.0924. The van der Waals surface area contributed by atoms with Crippen molar-refractivity contribution in [3.8, 4) is 0 Å². The summed E-state index contributed by atoms with van der Waals surface area (Å²) in [5.41, 5.74) is 7.50. The minimum Gasteiger partial charge on any atom is -0.393 e. The molecule has 0 aliphatic heterocycles. The predicted molar refractivity (Wildman–Crippen MR) is 99.2 cm³/mol. The highest BCUT2D eigenvalue weighted by Gasteiger charge is 2.56. The van der Waals surface area contributed by atoms with E-state index in [-0.39, 0.29) is 11.6 Å². The van der Waals surface area contributed by atoms with Gasteiger partial charge in [-0.1, -0.05) is 41.5 Å². The van der Waals surface area contributed by atoms with Crippen LogP contribution >= 0.6 is 0 Å². The topological polar surface area (TPSA) is 46.2 Å². The molecule has 2 heteroatoms. The van der Waals surface area contributed by atoms with Crippen LogP contribution in [0, 0.1) is 35.0 Å². The maximum absolute atomic E-state index is 10.0. The normalized spacial score (nSPS) is 49.7. The number of fused-ring (bicyclic) bond motifs is 3. The smallest absolute Gasteiger partial charge is 0.0544 e. The molecule has 0 amide bonds. The standard InChI is InChI=1S/C19H35NO.C2H6/c1-12(2)18(4)9-8-17-16(13(18)3)6-5-14-11-15(21)7-10-19(14,17)20;1-2/h12-17,21H,5-11,20H2,1-4H3;1-2H3/t13?,14?,15-,16?,17?,18?,19?;/m0./s1. The lowest BCUT2D eigenvalue weighted by atomic mass is 9.46. The van der Waals surface area contributed by atoms with Crippen LogP contribution in [0.1, 0.15) is 86.5 Å². The van der Waals surface area contributed by atoms with Gasteiger partial charge in [0.2, 0.25) is 0 Å². The van der Waals surface area contributed by atoms with Crippen LogP contribution in [-0.4, -0.2) is 16.7 Å². The van der Waals surface area contributed by atoms with E-state index in [1.165, 1.54) is 25.7 Å². The van der Waals surface area contributed by atoms with Gasteiger partial charge in [-0.05, 0) is 80.0 Å². The van der Waals surface area contributed by atoms with E-state index < -0.39 is 0 Å². The average molecular weight is 324 g/mol. The van der Waals surface area contributed by atoms with Gasteiger partial charge in [-0.25, -0.2) is 0 Å². The van der Waals surface area contributed by atoms with Gasteiger partial charge in [0.05, 0.1) is 6.10 Å². The third-order valence-corrected chi connectivity index (χ3v) is 8.28. The van der Waals surface area contributed by atoms with E-state index in [1.54, 1.807) is 0 Å². The zero-order valence-electron chi connectivity index (χ0n) is 16.4. The Balaban J connectivity index is 0.000000924. The summed E-state index contributed by atoms with van der Waals surface area (Å²) in [6, 6.07) is 0. The fourth-order valence-corrected chi connectivity index (χ4v) is 6.23. The Morgan fingerprint density at radius 2 is 1.70 bits per heavy atom. The Labute approximate surface area is 144 Å². The molecule has 3 N–H and O–H groups in total. The molecule has 3 aliphatic rings. The van der Waals surface area contributed by atoms with Gasteiger partial charge in [-0.15, -0.1) is 0 Å². The number of hydrogen-bond acceptors (Lipinski definition) is 2. The van der Waals surface area contributed by atoms with Crippen molar-refractivity contribution in [3.63, 3.8) is 0 Å². The molecule has 6 unspecified atom stereocenters. The summed E-state index contributed by atoms with van der Waals surface area (Å²) in [6.07, 6.45) is 8.06. The van der Waals surface area contributed by atoms with E-state index in [4.69, 9.17) is 5.73 Å². The summed E-state index contributed by atoms with van der Waals surface area (Å²) in [5.74, 6) is 3.61. The monoisotopic (exact) mass is 323 g/mol. The molecular weight excluding hydrogens is 282 g/mol. The molecule has 0 aromatic rings. The highest BCUT2D eigenvalue weighted by atomic mass is 16.3. The second-order valence-corrected chi connectivity index (χ2v) is 9.07. The maximum Gasteiger partial charge on any atom is 0.0544 e. The minimum absolute atomic E-state index is 0.0225. The van der Waals surface area contributed by atoms with Crippen molar-refractivity contribution in [2.24, 2.45) is 40.7 Å². The summed E-state index contributed by atoms with van der Waals surface area (Å²) in [4.78, 5) is 0. The van der Waals surface area contributed by atoms with E-state index >= 15 is 0 Å². The van der Waals surface area contributed by atoms with Crippen molar-refractivity contribution < 1.29 is 5.11 Å². The second kappa shape index (κ2) is 7.04. The SMILES string of the molecule is CC.CC(C)C1(C)CCC2C(CCC3C[C@@H](O)CCC32N)C1C. The van der Waals surface area contributed by atoms with Gasteiger partial charge in [0.15, 0.2) is 0 Å². The van der Waals surface area contributed by atoms with E-state index in [9.17, 15) is 5.11 Å². The molecule has 7 atom stereocenters. The van der Waals surface area contributed by atoms with Crippen LogP contribution in [0.2, 0.25) is 0 Å². The molecule has 3 saturated carbocycles. The Morgan fingerprint density at radius 3 is 2.30 bits per heavy atom. The summed E-state index contributed by atoms with van der Waals surface area (Å²) < 4.78 is 0. The van der Waals surface area contributed by atoms with Gasteiger partial charge < -0.3 is 10.8 Å². The van der Waals surface area contributed by atoms with Crippen LogP contribution in [-0.2, 0) is 0 Å². The first-order valence-electron chi connectivity index (χ1n) is 10.3. The Bertz CT molecular complexity index is 395. The lowest BCUT2D eigenvalue weighted by Crippen LogP contribution is -2.64. The Hall–Kier alpha value is -0.0800. The van der Waals surface area contributed by atoms with Crippen LogP contribution < -0.4 is 5.73 Å². The molecule has 0 radical (unpaired) electrons. The molecule has 0 bridgehead atoms. The second-order valence-electron chi connectivity index (χ2n) is 9.07. The average Bonchev–Trinajstić information content (AvgIpc) is 2.53. The van der Waals surface area contributed by atoms with E-state index in [0.717, 1.165) is 37.0 Å². The summed E-state index contributed by atoms with van der Waals surface area (Å²) >= 11 is 0. The fourth-order valence-electron chi connectivity index (χ4n) is 6.23. The molecule has 0 spiro atoms. The van der Waals surface area contributed by atoms with Crippen LogP contribution in [0.3, 0.4) is 0 Å². The van der Waals surface area contributed by atoms with Gasteiger partial charge in [0.1, 0.15) is 0 Å². The lowest BCUT2D eigenvalue weighted by Gasteiger charge is -2.61. The first-order chi connectivity index (χ1) is 10.8. The molecule has 0 aromatic carbocycles. The lowest BCUT2D eigenvalue weighted by molar-refractivity contribution is -0.0988. The van der Waals surface area contributed by atoms with E-state index in [1.807, 2.05) is 13.8 Å². The molecule has 0 aromatic heterocycles. The van der Waals surface area contributed by atoms with Crippen molar-refractivity contribution in [2.45, 2.75) is 98.1 Å². The first kappa shape index (κ1) is 19.2. The van der Waals surface area contributed by atoms with Crippen LogP contribution in [0.15, 0.2) is 0 Å². The Kier molecular flexibility index (Phi) is 5.89. The number of rotatable bonds is 1. The van der Waals surface area contributed by atoms with Gasteiger partial charge >= 0.3 is 0 Å². The largest absolute Gasteiger partial charge is 0.393 e. The van der Waals surface area contributed by atoms with Crippen LogP contribution in [0.4, 0.5) is 0 Å². The number of hydrogen-bond donors (Lipinski definition) is 2. The molecule has 136 valence electrons. The summed E-state index contributed by atoms with van der Waals surface area (Å²) in [6.45, 7) is 13.8. The van der Waals surface area contributed by atoms with Crippen LogP contribution in [0.5, 0.6) is 0 Å². The van der Waals surface area contributed by atoms with Gasteiger partial charge in [-0.3, -0.25) is 0 Å². The highest BCUT2D eigenvalue weighted by Crippen LogP contribution is 2.59. The predicted octanol–water partition coefficient (Wildman–Crippen LogP) is 4.99. The fraction of sp³-hybridized carbons (Fsp3) is 1.00. The van der Waals surface area contributed by atoms with Gasteiger partial charge in [-0.2, -0.15) is 0 Å². The molecule has 3 rings (SSSR count). The summed E-state index contributed by atoms with van der Waals surface area (Å²) in [5, 5.41) is 10.0. The van der Waals surface area contributed by atoms with Crippen molar-refractivity contribution in [3.05, 3.63) is 0 Å². The van der Waals surface area contributed by atoms with Crippen molar-refractivity contribution in [1.29, 1.82) is 0 Å². The first-order valence-corrected chi connectivity index (χ1v) is 10.3. The molecular formula is C21H41NO. The maximum atomic E-state index is 10.0. The molecule has 0 heterocycles. The zero-order valence-corrected chi connectivity index (χ0v) is 16.4. The number of aliphatic hydroxyl groups excluding tert-OH is 1. The molecule has 3 aliphatic carbocycles. The van der Waals surface area contributed by atoms with Crippen LogP contribution in [0.25, 0.3) is 0 Å². The van der Waals surface area contributed by atoms with Gasteiger partial charge in [0, 0.05) is 5.54 Å². The van der Waals surface area contributed by atoms with Crippen molar-refractivity contribution in [1.82, 2.24) is 0 Å².